The van der Waals surface area contributed by atoms with Crippen molar-refractivity contribution in [1.29, 1.82) is 0 Å². The minimum atomic E-state index is -4.10. The third-order valence-electron chi connectivity index (χ3n) is 4.01. The second-order valence-corrected chi connectivity index (χ2v) is 8.25. The smallest absolute Gasteiger partial charge is 0.295 e. The molecule has 31 heavy (non-hydrogen) atoms. The zero-order chi connectivity index (χ0) is 22.6. The van der Waals surface area contributed by atoms with E-state index >= 15 is 0 Å². The van der Waals surface area contributed by atoms with E-state index < -0.39 is 26.4 Å². The summed E-state index contributed by atoms with van der Waals surface area (Å²) in [6.07, 6.45) is 1.14. The van der Waals surface area contributed by atoms with Gasteiger partial charge in [-0.1, -0.05) is 17.7 Å². The summed E-state index contributed by atoms with van der Waals surface area (Å²) in [4.78, 5) is 10.4. The van der Waals surface area contributed by atoms with Gasteiger partial charge in [-0.05, 0) is 48.5 Å². The molecule has 3 rings (SSSR count). The first-order chi connectivity index (χ1) is 14.7. The number of nitro benzene ring substituents is 1. The van der Waals surface area contributed by atoms with Crippen molar-refractivity contribution >= 4 is 44.9 Å². The molecular formula is C19H15ClN4O6S. The lowest BCUT2D eigenvalue weighted by molar-refractivity contribution is -0.384. The first kappa shape index (κ1) is 21.9. The summed E-state index contributed by atoms with van der Waals surface area (Å²) >= 11 is 5.77. The highest BCUT2D eigenvalue weighted by Gasteiger charge is 2.21. The molecule has 0 heterocycles. The van der Waals surface area contributed by atoms with Crippen LogP contribution >= 0.6 is 11.6 Å². The summed E-state index contributed by atoms with van der Waals surface area (Å²) in [5.41, 5.74) is 2.23. The molecule has 0 saturated heterocycles. The highest BCUT2D eigenvalue weighted by molar-refractivity contribution is 7.92. The van der Waals surface area contributed by atoms with Crippen LogP contribution in [0, 0.1) is 10.1 Å². The van der Waals surface area contributed by atoms with E-state index in [1.165, 1.54) is 54.6 Å². The van der Waals surface area contributed by atoms with Crippen molar-refractivity contribution in [2.75, 3.05) is 10.1 Å². The van der Waals surface area contributed by atoms with Gasteiger partial charge in [0.05, 0.1) is 16.0 Å². The third kappa shape index (κ3) is 5.21. The summed E-state index contributed by atoms with van der Waals surface area (Å²) in [6, 6.07) is 13.4. The van der Waals surface area contributed by atoms with Crippen LogP contribution < -0.4 is 10.1 Å². The van der Waals surface area contributed by atoms with Crippen molar-refractivity contribution in [1.82, 2.24) is 0 Å². The molecule has 160 valence electrons. The van der Waals surface area contributed by atoms with Crippen molar-refractivity contribution in [2.45, 2.75) is 4.90 Å². The van der Waals surface area contributed by atoms with Crippen LogP contribution in [0.3, 0.4) is 0 Å². The van der Waals surface area contributed by atoms with Gasteiger partial charge in [-0.25, -0.2) is 8.42 Å². The topological polar surface area (TPSA) is 154 Å². The Hall–Kier alpha value is -3.83. The number of aromatic hydroxyl groups is 2. The van der Waals surface area contributed by atoms with E-state index in [2.05, 4.69) is 15.2 Å². The number of nitro groups is 1. The lowest BCUT2D eigenvalue weighted by Gasteiger charge is -2.09. The van der Waals surface area contributed by atoms with Gasteiger partial charge in [0.1, 0.15) is 5.69 Å². The van der Waals surface area contributed by atoms with E-state index in [4.69, 9.17) is 11.6 Å². The number of hydrogen-bond donors (Lipinski definition) is 4. The van der Waals surface area contributed by atoms with Gasteiger partial charge in [0.25, 0.3) is 15.7 Å². The average molecular weight is 463 g/mol. The predicted octanol–water partition coefficient (Wildman–Crippen LogP) is 3.91. The standard InChI is InChI=1S/C19H15ClN4O6S/c20-13-4-6-14(7-5-13)23-31(29,30)15-8-9-16(17(10-15)24(27)28)22-21-11-12-2-1-3-18(25)19(12)26/h1-11,22-23,25-26H. The fourth-order valence-electron chi connectivity index (χ4n) is 2.48. The number of nitrogens with zero attached hydrogens (tertiary/aromatic N) is 2. The van der Waals surface area contributed by atoms with Crippen LogP contribution in [0.15, 0.2) is 70.7 Å². The Kier molecular flexibility index (Phi) is 6.28. The fourth-order valence-corrected chi connectivity index (χ4v) is 3.68. The Morgan fingerprint density at radius 3 is 2.45 bits per heavy atom. The maximum atomic E-state index is 12.6. The van der Waals surface area contributed by atoms with Crippen LogP contribution in [0.2, 0.25) is 5.02 Å². The first-order valence-electron chi connectivity index (χ1n) is 8.54. The van der Waals surface area contributed by atoms with Gasteiger partial charge in [0, 0.05) is 22.3 Å². The van der Waals surface area contributed by atoms with Crippen molar-refractivity contribution in [2.24, 2.45) is 5.10 Å². The van der Waals surface area contributed by atoms with Crippen molar-refractivity contribution in [3.05, 3.63) is 81.4 Å². The van der Waals surface area contributed by atoms with Crippen LogP contribution in [-0.2, 0) is 10.0 Å². The summed E-state index contributed by atoms with van der Waals surface area (Å²) < 4.78 is 27.5. The van der Waals surface area contributed by atoms with Crippen LogP contribution in [0.1, 0.15) is 5.56 Å². The van der Waals surface area contributed by atoms with Gasteiger partial charge >= 0.3 is 0 Å². The maximum absolute atomic E-state index is 12.6. The molecule has 0 fully saturated rings. The average Bonchev–Trinajstić information content (AvgIpc) is 2.72. The van der Waals surface area contributed by atoms with E-state index in [9.17, 15) is 28.7 Å². The molecule has 0 aliphatic carbocycles. The molecule has 0 aliphatic heterocycles. The zero-order valence-electron chi connectivity index (χ0n) is 15.6. The number of rotatable bonds is 7. The predicted molar refractivity (Wildman–Crippen MR) is 116 cm³/mol. The molecule has 0 atom stereocenters. The number of benzene rings is 3. The quantitative estimate of drug-likeness (QED) is 0.179. The molecule has 0 aliphatic rings. The molecule has 3 aromatic carbocycles. The van der Waals surface area contributed by atoms with E-state index in [1.807, 2.05) is 0 Å². The normalized spacial score (nSPS) is 11.4. The molecular weight excluding hydrogens is 448 g/mol. The van der Waals surface area contributed by atoms with Crippen LogP contribution in [0.5, 0.6) is 11.5 Å². The van der Waals surface area contributed by atoms with Crippen molar-refractivity contribution in [3.8, 4) is 11.5 Å². The molecule has 0 saturated carbocycles. The molecule has 0 bridgehead atoms. The molecule has 0 spiro atoms. The number of hydrazone groups is 1. The van der Waals surface area contributed by atoms with Crippen LogP contribution in [0.25, 0.3) is 0 Å². The number of anilines is 2. The molecule has 0 unspecified atom stereocenters. The molecule has 3 aromatic rings. The fraction of sp³-hybridized carbons (Fsp3) is 0. The first-order valence-corrected chi connectivity index (χ1v) is 10.4. The molecule has 10 nitrogen and oxygen atoms in total. The Balaban J connectivity index is 1.85. The highest BCUT2D eigenvalue weighted by atomic mass is 35.5. The van der Waals surface area contributed by atoms with E-state index in [0.29, 0.717) is 5.02 Å². The largest absolute Gasteiger partial charge is 0.504 e. The van der Waals surface area contributed by atoms with Gasteiger partial charge in [-0.2, -0.15) is 5.10 Å². The number of hydrogen-bond acceptors (Lipinski definition) is 8. The molecule has 12 heteroatoms. The Morgan fingerprint density at radius 2 is 1.77 bits per heavy atom. The van der Waals surface area contributed by atoms with Gasteiger partial charge in [0.15, 0.2) is 11.5 Å². The Morgan fingerprint density at radius 1 is 1.06 bits per heavy atom. The van der Waals surface area contributed by atoms with E-state index in [1.54, 1.807) is 0 Å². The van der Waals surface area contributed by atoms with E-state index in [-0.39, 0.29) is 27.6 Å². The second-order valence-electron chi connectivity index (χ2n) is 6.13. The van der Waals surface area contributed by atoms with Gasteiger partial charge in [-0.3, -0.25) is 20.3 Å². The SMILES string of the molecule is O=[N+]([O-])c1cc(S(=O)(=O)Nc2ccc(Cl)cc2)ccc1NN=Cc1cccc(O)c1O. The second kappa shape index (κ2) is 8.90. The molecule has 0 radical (unpaired) electrons. The minimum Gasteiger partial charge on any atom is -0.504 e. The van der Waals surface area contributed by atoms with Crippen molar-refractivity contribution < 1.29 is 23.6 Å². The maximum Gasteiger partial charge on any atom is 0.295 e. The van der Waals surface area contributed by atoms with E-state index in [0.717, 1.165) is 12.3 Å². The van der Waals surface area contributed by atoms with Crippen molar-refractivity contribution in [3.63, 3.8) is 0 Å². The Bertz CT molecular complexity index is 1260. The summed E-state index contributed by atoms with van der Waals surface area (Å²) in [5.74, 6) is -0.755. The number of para-hydroxylation sites is 1. The Labute approximate surface area is 181 Å². The third-order valence-corrected chi connectivity index (χ3v) is 5.64. The molecule has 0 amide bonds. The van der Waals surface area contributed by atoms with Crippen LogP contribution in [0.4, 0.5) is 17.1 Å². The summed E-state index contributed by atoms with van der Waals surface area (Å²) in [6.45, 7) is 0. The highest BCUT2D eigenvalue weighted by Crippen LogP contribution is 2.30. The van der Waals surface area contributed by atoms with Gasteiger partial charge < -0.3 is 10.2 Å². The number of nitrogens with one attached hydrogen (secondary N) is 2. The van der Waals surface area contributed by atoms with Gasteiger partial charge in [-0.15, -0.1) is 0 Å². The number of halogens is 1. The molecule has 4 N–H and O–H groups in total. The summed E-state index contributed by atoms with van der Waals surface area (Å²) in [5, 5.41) is 34.9. The van der Waals surface area contributed by atoms with Gasteiger partial charge in [0.2, 0.25) is 0 Å². The van der Waals surface area contributed by atoms with Crippen LogP contribution in [-0.4, -0.2) is 29.8 Å². The number of phenols is 2. The lowest BCUT2D eigenvalue weighted by atomic mass is 10.2. The zero-order valence-corrected chi connectivity index (χ0v) is 17.1. The summed E-state index contributed by atoms with van der Waals surface area (Å²) in [7, 11) is -4.10. The molecule has 0 aromatic heterocycles. The number of phenolic OH excluding ortho intramolecular Hbond substituents is 2. The number of sulfonamides is 1. The minimum absolute atomic E-state index is 0.0775. The lowest BCUT2D eigenvalue weighted by Crippen LogP contribution is -2.13. The monoisotopic (exact) mass is 462 g/mol.